The van der Waals surface area contributed by atoms with Gasteiger partial charge in [0.05, 0.1) is 17.4 Å². The summed E-state index contributed by atoms with van der Waals surface area (Å²) in [5, 5.41) is 9.46. The van der Waals surface area contributed by atoms with Gasteiger partial charge >= 0.3 is 0 Å². The van der Waals surface area contributed by atoms with Crippen LogP contribution in [0.3, 0.4) is 0 Å². The normalized spacial score (nSPS) is 21.0. The van der Waals surface area contributed by atoms with Crippen LogP contribution in [0, 0.1) is 0 Å². The van der Waals surface area contributed by atoms with E-state index in [1.807, 2.05) is 18.2 Å². The van der Waals surface area contributed by atoms with Gasteiger partial charge in [-0.3, -0.25) is 14.5 Å². The number of likely N-dealkylation sites (N-methyl/N-ethyl adjacent to an activating group) is 2. The molecule has 1 unspecified atom stereocenters. The molecule has 2 amide bonds. The number of benzene rings is 1. The van der Waals surface area contributed by atoms with Gasteiger partial charge in [0, 0.05) is 58.2 Å². The van der Waals surface area contributed by atoms with Crippen molar-refractivity contribution in [3.63, 3.8) is 0 Å². The molecule has 3 aromatic rings. The van der Waals surface area contributed by atoms with E-state index < -0.39 is 0 Å². The molecular weight excluding hydrogens is 560 g/mol. The van der Waals surface area contributed by atoms with Crippen molar-refractivity contribution in [1.82, 2.24) is 25.2 Å². The molecule has 4 aliphatic rings. The maximum Gasteiger partial charge on any atom is 0.266 e. The van der Waals surface area contributed by atoms with Crippen LogP contribution in [0.1, 0.15) is 23.2 Å². The second-order valence-electron chi connectivity index (χ2n) is 11.6. The number of aromatic nitrogens is 3. The Labute approximate surface area is 255 Å². The topological polar surface area (TPSA) is 131 Å². The summed E-state index contributed by atoms with van der Waals surface area (Å²) in [7, 11) is 4.31. The molecule has 44 heavy (non-hydrogen) atoms. The summed E-state index contributed by atoms with van der Waals surface area (Å²) in [6.45, 7) is 4.85. The minimum Gasteiger partial charge on any atom is -0.480 e. The molecule has 2 bridgehead atoms. The molecule has 2 aromatic heterocycles. The fraction of sp³-hybridized carbons (Fsp3) is 0.387. The average Bonchev–Trinajstić information content (AvgIpc) is 3.01. The van der Waals surface area contributed by atoms with Crippen molar-refractivity contribution in [2.24, 2.45) is 0 Å². The van der Waals surface area contributed by atoms with Crippen molar-refractivity contribution in [3.8, 4) is 5.75 Å². The minimum atomic E-state index is -0.311. The van der Waals surface area contributed by atoms with Crippen LogP contribution in [0.2, 0.25) is 0 Å². The lowest BCUT2D eigenvalue weighted by atomic mass is 10.0. The maximum absolute atomic E-state index is 13.2. The quantitative estimate of drug-likeness (QED) is 0.378. The van der Waals surface area contributed by atoms with E-state index in [9.17, 15) is 9.59 Å². The van der Waals surface area contributed by atoms with Crippen LogP contribution in [0.15, 0.2) is 48.7 Å². The zero-order chi connectivity index (χ0) is 30.2. The van der Waals surface area contributed by atoms with Gasteiger partial charge in [0.2, 0.25) is 5.95 Å². The van der Waals surface area contributed by atoms with Gasteiger partial charge < -0.3 is 35.4 Å². The van der Waals surface area contributed by atoms with E-state index in [1.54, 1.807) is 17.0 Å². The standard InChI is InChI=1S/C31H36N10O3/c1-38-13-14-40-21(17-38)18-39(2)23-8-7-20(15-24(23)40)34-31-33-16-22-28(37-31)35-26-10-9-25-29(36-26)41(27(42)19-44-25)12-6-4-3-5-11-32-30(22)43/h3,5,7-10,15-16,21H,4,6,11-14,17-19H2,1-2H3,(H,32,43)(H2,33,34,35,36,37)/b5-3-. The highest BCUT2D eigenvalue weighted by Gasteiger charge is 2.33. The summed E-state index contributed by atoms with van der Waals surface area (Å²) in [5.74, 6) is 1.59. The number of piperazine rings is 1. The maximum atomic E-state index is 13.2. The predicted molar refractivity (Wildman–Crippen MR) is 170 cm³/mol. The number of rotatable bonds is 2. The summed E-state index contributed by atoms with van der Waals surface area (Å²) < 4.78 is 5.64. The molecule has 1 fully saturated rings. The predicted octanol–water partition coefficient (Wildman–Crippen LogP) is 2.73. The van der Waals surface area contributed by atoms with E-state index in [-0.39, 0.29) is 29.8 Å². The highest BCUT2D eigenvalue weighted by Crippen LogP contribution is 2.38. The number of hydrogen-bond acceptors (Lipinski definition) is 11. The number of ether oxygens (including phenoxy) is 1. The fourth-order valence-electron chi connectivity index (χ4n) is 6.20. The zero-order valence-corrected chi connectivity index (χ0v) is 24.9. The molecule has 1 atom stereocenters. The molecule has 13 heteroatoms. The molecule has 0 aliphatic carbocycles. The van der Waals surface area contributed by atoms with Crippen LogP contribution in [-0.2, 0) is 4.79 Å². The SMILES string of the molecule is CN1CCN2c3cc(Nc4ncc5c(n4)Nc4ccc6c(n4)N(CCC/C=C\CNC5=O)C(=O)CO6)ccc3N(C)CC2C1. The van der Waals surface area contributed by atoms with Gasteiger partial charge in [-0.25, -0.2) is 9.97 Å². The molecule has 7 rings (SSSR count). The van der Waals surface area contributed by atoms with Crippen LogP contribution >= 0.6 is 0 Å². The van der Waals surface area contributed by atoms with Gasteiger partial charge in [0.1, 0.15) is 17.2 Å². The minimum absolute atomic E-state index is 0.0186. The summed E-state index contributed by atoms with van der Waals surface area (Å²) in [5.41, 5.74) is 3.50. The van der Waals surface area contributed by atoms with Crippen molar-refractivity contribution in [1.29, 1.82) is 0 Å². The van der Waals surface area contributed by atoms with Gasteiger partial charge in [-0.1, -0.05) is 12.2 Å². The third-order valence-corrected chi connectivity index (χ3v) is 8.45. The Kier molecular flexibility index (Phi) is 7.38. The number of nitrogens with zero attached hydrogens (tertiary/aromatic N) is 7. The van der Waals surface area contributed by atoms with Gasteiger partial charge in [-0.2, -0.15) is 4.98 Å². The van der Waals surface area contributed by atoms with Crippen molar-refractivity contribution in [2.75, 3.05) is 85.3 Å². The Hall–Kier alpha value is -4.91. The molecule has 0 spiro atoms. The number of pyridine rings is 1. The number of fused-ring (bicyclic) bond motifs is 5. The van der Waals surface area contributed by atoms with Crippen molar-refractivity contribution in [3.05, 3.63) is 54.2 Å². The summed E-state index contributed by atoms with van der Waals surface area (Å²) in [4.78, 5) is 48.7. The first-order valence-corrected chi connectivity index (χ1v) is 15.0. The van der Waals surface area contributed by atoms with Crippen LogP contribution in [0.5, 0.6) is 5.75 Å². The first-order chi connectivity index (χ1) is 21.4. The van der Waals surface area contributed by atoms with E-state index >= 15 is 0 Å². The lowest BCUT2D eigenvalue weighted by molar-refractivity contribution is -0.121. The summed E-state index contributed by atoms with van der Waals surface area (Å²) >= 11 is 0. The third kappa shape index (κ3) is 5.46. The smallest absolute Gasteiger partial charge is 0.266 e. The second-order valence-corrected chi connectivity index (χ2v) is 11.6. The van der Waals surface area contributed by atoms with Gasteiger partial charge in [-0.15, -0.1) is 0 Å². The van der Waals surface area contributed by atoms with Crippen molar-refractivity contribution >= 4 is 52.3 Å². The van der Waals surface area contributed by atoms with Gasteiger partial charge in [0.15, 0.2) is 18.2 Å². The van der Waals surface area contributed by atoms with E-state index in [0.29, 0.717) is 42.5 Å². The number of anilines is 7. The van der Waals surface area contributed by atoms with Gasteiger partial charge in [0.25, 0.3) is 11.8 Å². The summed E-state index contributed by atoms with van der Waals surface area (Å²) in [6, 6.07) is 10.2. The number of hydrogen-bond donors (Lipinski definition) is 3. The first kappa shape index (κ1) is 27.9. The van der Waals surface area contributed by atoms with E-state index in [4.69, 9.17) is 14.7 Å². The van der Waals surface area contributed by atoms with Crippen LogP contribution in [0.25, 0.3) is 0 Å². The van der Waals surface area contributed by atoms with E-state index in [0.717, 1.165) is 44.7 Å². The highest BCUT2D eigenvalue weighted by atomic mass is 16.5. The van der Waals surface area contributed by atoms with Crippen LogP contribution in [-0.4, -0.2) is 97.7 Å². The van der Waals surface area contributed by atoms with Crippen molar-refractivity contribution < 1.29 is 14.3 Å². The number of carbonyl (C=O) groups is 2. The monoisotopic (exact) mass is 596 g/mol. The lowest BCUT2D eigenvalue weighted by Crippen LogP contribution is -2.58. The van der Waals surface area contributed by atoms with Crippen LogP contribution < -0.4 is 35.4 Å². The Morgan fingerprint density at radius 2 is 1.91 bits per heavy atom. The second kappa shape index (κ2) is 11.6. The number of nitrogens with one attached hydrogen (secondary N) is 3. The Balaban J connectivity index is 1.21. The molecule has 3 N–H and O–H groups in total. The van der Waals surface area contributed by atoms with Crippen molar-refractivity contribution in [2.45, 2.75) is 18.9 Å². The Bertz CT molecular complexity index is 1630. The number of carbonyl (C=O) groups excluding carboxylic acids is 2. The van der Waals surface area contributed by atoms with E-state index in [2.05, 4.69) is 61.9 Å². The zero-order valence-electron chi connectivity index (χ0n) is 24.9. The fourth-order valence-corrected chi connectivity index (χ4v) is 6.20. The first-order valence-electron chi connectivity index (χ1n) is 15.0. The number of amides is 2. The molecule has 1 saturated heterocycles. The molecule has 0 saturated carbocycles. The molecule has 4 aliphatic heterocycles. The van der Waals surface area contributed by atoms with E-state index in [1.165, 1.54) is 17.6 Å². The lowest BCUT2D eigenvalue weighted by Gasteiger charge is -2.48. The molecular formula is C31H36N10O3. The Morgan fingerprint density at radius 1 is 1.00 bits per heavy atom. The van der Waals surface area contributed by atoms with Crippen LogP contribution in [0.4, 0.5) is 40.5 Å². The molecule has 228 valence electrons. The molecule has 6 heterocycles. The molecule has 1 aromatic carbocycles. The highest BCUT2D eigenvalue weighted by molar-refractivity contribution is 6.00. The molecule has 13 nitrogen and oxygen atoms in total. The average molecular weight is 597 g/mol. The molecule has 0 radical (unpaired) electrons. The summed E-state index contributed by atoms with van der Waals surface area (Å²) in [6.07, 6.45) is 6.93. The largest absolute Gasteiger partial charge is 0.480 e. The number of allylic oxidation sites excluding steroid dienone is 1. The third-order valence-electron chi connectivity index (χ3n) is 8.45. The van der Waals surface area contributed by atoms with Gasteiger partial charge in [-0.05, 0) is 50.2 Å². The Morgan fingerprint density at radius 3 is 2.82 bits per heavy atom.